The van der Waals surface area contributed by atoms with Crippen LogP contribution in [-0.2, 0) is 6.54 Å². The molecule has 19 heavy (non-hydrogen) atoms. The van der Waals surface area contributed by atoms with Gasteiger partial charge in [0.05, 0.1) is 17.1 Å². The first-order valence-corrected chi connectivity index (χ1v) is 6.54. The van der Waals surface area contributed by atoms with Crippen LogP contribution in [0.25, 0.3) is 10.9 Å². The molecule has 0 saturated carbocycles. The summed E-state index contributed by atoms with van der Waals surface area (Å²) in [6.45, 7) is 4.75. The molecule has 0 radical (unpaired) electrons. The van der Waals surface area contributed by atoms with Crippen LogP contribution in [0.4, 0.5) is 5.69 Å². The lowest BCUT2D eigenvalue weighted by Gasteiger charge is -2.05. The van der Waals surface area contributed by atoms with Gasteiger partial charge >= 0.3 is 0 Å². The quantitative estimate of drug-likeness (QED) is 0.681. The van der Waals surface area contributed by atoms with Gasteiger partial charge in [0, 0.05) is 28.7 Å². The zero-order valence-corrected chi connectivity index (χ0v) is 11.6. The van der Waals surface area contributed by atoms with Crippen LogP contribution >= 0.6 is 11.6 Å². The predicted octanol–water partition coefficient (Wildman–Crippen LogP) is 3.77. The highest BCUT2D eigenvalue weighted by molar-refractivity contribution is 6.31. The average molecular weight is 275 g/mol. The molecule has 3 aromatic rings. The summed E-state index contributed by atoms with van der Waals surface area (Å²) in [6, 6.07) is 5.89. The predicted molar refractivity (Wildman–Crippen MR) is 78.7 cm³/mol. The van der Waals surface area contributed by atoms with Crippen molar-refractivity contribution in [2.24, 2.45) is 0 Å². The van der Waals surface area contributed by atoms with E-state index in [1.807, 2.05) is 38.2 Å². The van der Waals surface area contributed by atoms with Gasteiger partial charge < -0.3 is 10.3 Å². The normalized spacial score (nSPS) is 11.1. The molecule has 3 N–H and O–H groups in total. The van der Waals surface area contributed by atoms with Crippen molar-refractivity contribution in [1.29, 1.82) is 0 Å². The summed E-state index contributed by atoms with van der Waals surface area (Å²) in [4.78, 5) is 3.24. The molecular formula is C14H15ClN4. The molecule has 0 atom stereocenters. The minimum absolute atomic E-state index is 0.746. The van der Waals surface area contributed by atoms with Crippen LogP contribution in [-0.4, -0.2) is 15.2 Å². The number of aryl methyl sites for hydroxylation is 2. The number of nitrogens with one attached hydrogen (secondary N) is 3. The number of nitrogens with zero attached hydrogens (tertiary/aromatic N) is 1. The van der Waals surface area contributed by atoms with Crippen molar-refractivity contribution >= 4 is 28.2 Å². The minimum atomic E-state index is 0.746. The van der Waals surface area contributed by atoms with Crippen LogP contribution in [0.2, 0.25) is 5.02 Å². The molecular weight excluding hydrogens is 260 g/mol. The highest BCUT2D eigenvalue weighted by Gasteiger charge is 2.08. The van der Waals surface area contributed by atoms with Gasteiger partial charge in [0.2, 0.25) is 0 Å². The Morgan fingerprint density at radius 3 is 2.89 bits per heavy atom. The number of halogens is 1. The number of hydrogen-bond donors (Lipinski definition) is 3. The Labute approximate surface area is 116 Å². The Balaban J connectivity index is 1.86. The van der Waals surface area contributed by atoms with E-state index in [-0.39, 0.29) is 0 Å². The van der Waals surface area contributed by atoms with Crippen molar-refractivity contribution in [3.63, 3.8) is 0 Å². The van der Waals surface area contributed by atoms with E-state index in [1.54, 1.807) is 0 Å². The fourth-order valence-corrected chi connectivity index (χ4v) is 2.47. The van der Waals surface area contributed by atoms with Gasteiger partial charge in [-0.3, -0.25) is 5.10 Å². The smallest absolute Gasteiger partial charge is 0.0825 e. The van der Waals surface area contributed by atoms with Crippen LogP contribution in [0.3, 0.4) is 0 Å². The molecule has 0 saturated heterocycles. The van der Waals surface area contributed by atoms with Crippen molar-refractivity contribution in [2.45, 2.75) is 20.4 Å². The van der Waals surface area contributed by atoms with Crippen LogP contribution in [0.5, 0.6) is 0 Å². The SMILES string of the molecule is Cc1n[nH]c(C)c1NCc1c[nH]c2cc(Cl)ccc12. The fourth-order valence-electron chi connectivity index (χ4n) is 2.30. The van der Waals surface area contributed by atoms with E-state index < -0.39 is 0 Å². The Morgan fingerprint density at radius 1 is 1.32 bits per heavy atom. The summed E-state index contributed by atoms with van der Waals surface area (Å²) in [6.07, 6.45) is 2.01. The lowest BCUT2D eigenvalue weighted by atomic mass is 10.1. The molecule has 2 aromatic heterocycles. The lowest BCUT2D eigenvalue weighted by Crippen LogP contribution is -2.00. The van der Waals surface area contributed by atoms with E-state index in [0.717, 1.165) is 34.2 Å². The van der Waals surface area contributed by atoms with Crippen molar-refractivity contribution in [1.82, 2.24) is 15.2 Å². The number of aromatic amines is 2. The molecule has 0 aliphatic heterocycles. The summed E-state index contributed by atoms with van der Waals surface area (Å²) < 4.78 is 0. The van der Waals surface area contributed by atoms with E-state index >= 15 is 0 Å². The highest BCUT2D eigenvalue weighted by atomic mass is 35.5. The van der Waals surface area contributed by atoms with Gasteiger partial charge in [-0.2, -0.15) is 5.10 Å². The Bertz CT molecular complexity index is 707. The zero-order valence-electron chi connectivity index (χ0n) is 10.8. The molecule has 0 aliphatic carbocycles. The maximum atomic E-state index is 5.98. The molecule has 98 valence electrons. The molecule has 2 heterocycles. The molecule has 0 amide bonds. The van der Waals surface area contributed by atoms with Gasteiger partial charge in [0.1, 0.15) is 0 Å². The van der Waals surface area contributed by atoms with Gasteiger partial charge in [0.25, 0.3) is 0 Å². The first kappa shape index (κ1) is 12.1. The van der Waals surface area contributed by atoms with Gasteiger partial charge in [0.15, 0.2) is 0 Å². The number of aromatic nitrogens is 3. The Morgan fingerprint density at radius 2 is 2.16 bits per heavy atom. The number of fused-ring (bicyclic) bond motifs is 1. The number of hydrogen-bond acceptors (Lipinski definition) is 2. The number of H-pyrrole nitrogens is 2. The summed E-state index contributed by atoms with van der Waals surface area (Å²) in [5.74, 6) is 0. The van der Waals surface area contributed by atoms with E-state index in [4.69, 9.17) is 11.6 Å². The average Bonchev–Trinajstić information content (AvgIpc) is 2.92. The first-order valence-electron chi connectivity index (χ1n) is 6.16. The molecule has 4 nitrogen and oxygen atoms in total. The Hall–Kier alpha value is -1.94. The van der Waals surface area contributed by atoms with Gasteiger partial charge in [-0.1, -0.05) is 17.7 Å². The lowest BCUT2D eigenvalue weighted by molar-refractivity contribution is 1.02. The summed E-state index contributed by atoms with van der Waals surface area (Å²) in [5.41, 5.74) is 5.39. The molecule has 1 aromatic carbocycles. The molecule has 3 rings (SSSR count). The van der Waals surface area contributed by atoms with Crippen molar-refractivity contribution in [3.8, 4) is 0 Å². The van der Waals surface area contributed by atoms with Gasteiger partial charge in [-0.25, -0.2) is 0 Å². The number of anilines is 1. The third-order valence-corrected chi connectivity index (χ3v) is 3.55. The molecule has 0 bridgehead atoms. The van der Waals surface area contributed by atoms with Crippen LogP contribution in [0.15, 0.2) is 24.4 Å². The second-order valence-electron chi connectivity index (χ2n) is 4.67. The van der Waals surface area contributed by atoms with Gasteiger partial charge in [-0.05, 0) is 31.5 Å². The fraction of sp³-hybridized carbons (Fsp3) is 0.214. The first-order chi connectivity index (χ1) is 9.15. The largest absolute Gasteiger partial charge is 0.378 e. The summed E-state index contributed by atoms with van der Waals surface area (Å²) in [5, 5.41) is 12.5. The van der Waals surface area contributed by atoms with E-state index in [2.05, 4.69) is 20.5 Å². The summed E-state index contributed by atoms with van der Waals surface area (Å²) >= 11 is 5.98. The van der Waals surface area contributed by atoms with Crippen molar-refractivity contribution < 1.29 is 0 Å². The third kappa shape index (κ3) is 2.19. The summed E-state index contributed by atoms with van der Waals surface area (Å²) in [7, 11) is 0. The van der Waals surface area contributed by atoms with Crippen LogP contribution in [0.1, 0.15) is 17.0 Å². The Kier molecular flexibility index (Phi) is 2.95. The zero-order chi connectivity index (χ0) is 13.4. The minimum Gasteiger partial charge on any atom is -0.378 e. The molecule has 0 aliphatic rings. The van der Waals surface area contributed by atoms with Gasteiger partial charge in [-0.15, -0.1) is 0 Å². The second kappa shape index (κ2) is 4.63. The molecule has 0 fully saturated rings. The monoisotopic (exact) mass is 274 g/mol. The topological polar surface area (TPSA) is 56.5 Å². The molecule has 0 spiro atoms. The van der Waals surface area contributed by atoms with Crippen LogP contribution in [0, 0.1) is 13.8 Å². The maximum Gasteiger partial charge on any atom is 0.0825 e. The number of benzene rings is 1. The maximum absolute atomic E-state index is 5.98. The number of rotatable bonds is 3. The van der Waals surface area contributed by atoms with Crippen molar-refractivity contribution in [3.05, 3.63) is 46.4 Å². The van der Waals surface area contributed by atoms with E-state index in [9.17, 15) is 0 Å². The van der Waals surface area contributed by atoms with E-state index in [0.29, 0.717) is 0 Å². The highest BCUT2D eigenvalue weighted by Crippen LogP contribution is 2.24. The van der Waals surface area contributed by atoms with Crippen LogP contribution < -0.4 is 5.32 Å². The second-order valence-corrected chi connectivity index (χ2v) is 5.10. The van der Waals surface area contributed by atoms with Crippen molar-refractivity contribution in [2.75, 3.05) is 5.32 Å². The molecule has 5 heteroatoms. The third-order valence-electron chi connectivity index (χ3n) is 3.31. The molecule has 0 unspecified atom stereocenters. The van der Waals surface area contributed by atoms with E-state index in [1.165, 1.54) is 10.9 Å². The standard InChI is InChI=1S/C14H15ClN4/c1-8-14(9(2)19-18-8)17-7-10-6-16-13-5-11(15)3-4-12(10)13/h3-6,16-17H,7H2,1-2H3,(H,18,19).